The maximum absolute atomic E-state index is 13.5. The van der Waals surface area contributed by atoms with E-state index in [0.29, 0.717) is 46.6 Å². The van der Waals surface area contributed by atoms with Crippen molar-refractivity contribution in [3.05, 3.63) is 67.5 Å². The molecular formula is C29H34F2N8O4S. The number of likely N-dealkylation sites (N-methyl/N-ethyl adjacent to an activating group) is 2. The third-order valence-electron chi connectivity index (χ3n) is 6.62. The van der Waals surface area contributed by atoms with E-state index in [1.807, 2.05) is 19.0 Å². The van der Waals surface area contributed by atoms with Crippen LogP contribution in [0.5, 0.6) is 5.75 Å². The lowest BCUT2D eigenvalue weighted by atomic mass is 10.1. The van der Waals surface area contributed by atoms with Crippen molar-refractivity contribution in [1.29, 1.82) is 0 Å². The lowest BCUT2D eigenvalue weighted by Gasteiger charge is -2.26. The van der Waals surface area contributed by atoms with Gasteiger partial charge in [0.05, 0.1) is 28.3 Å². The van der Waals surface area contributed by atoms with E-state index in [2.05, 4.69) is 27.2 Å². The summed E-state index contributed by atoms with van der Waals surface area (Å²) < 4.78 is 60.3. The molecule has 0 aliphatic heterocycles. The number of alkyl halides is 2. The molecule has 12 nitrogen and oxygen atoms in total. The number of halogens is 2. The van der Waals surface area contributed by atoms with Crippen LogP contribution in [0.3, 0.4) is 0 Å². The van der Waals surface area contributed by atoms with Gasteiger partial charge in [-0.3, -0.25) is 4.79 Å². The number of fused-ring (bicyclic) bond motifs is 1. The van der Waals surface area contributed by atoms with Gasteiger partial charge in [0.15, 0.2) is 5.75 Å². The highest BCUT2D eigenvalue weighted by atomic mass is 32.2. The van der Waals surface area contributed by atoms with Crippen molar-refractivity contribution >= 4 is 50.0 Å². The molecule has 0 fully saturated rings. The van der Waals surface area contributed by atoms with E-state index in [-0.39, 0.29) is 17.4 Å². The van der Waals surface area contributed by atoms with Crippen LogP contribution < -0.4 is 20.3 Å². The number of nitrogens with zero attached hydrogens (tertiary/aromatic N) is 6. The summed E-state index contributed by atoms with van der Waals surface area (Å²) in [6.07, 6.45) is 4.02. The maximum Gasteiger partial charge on any atom is 0.387 e. The molecule has 0 radical (unpaired) electrons. The Morgan fingerprint density at radius 2 is 1.82 bits per heavy atom. The molecule has 0 saturated carbocycles. The fourth-order valence-corrected chi connectivity index (χ4v) is 5.34. The second kappa shape index (κ2) is 13.4. The summed E-state index contributed by atoms with van der Waals surface area (Å²) in [5, 5.41) is 6.27. The van der Waals surface area contributed by atoms with Crippen LogP contribution in [0.15, 0.2) is 67.5 Å². The van der Waals surface area contributed by atoms with E-state index >= 15 is 0 Å². The number of rotatable bonds is 13. The molecule has 234 valence electrons. The number of anilines is 4. The maximum atomic E-state index is 13.5. The first-order valence-corrected chi connectivity index (χ1v) is 14.8. The van der Waals surface area contributed by atoms with E-state index in [1.54, 1.807) is 42.3 Å². The predicted molar refractivity (Wildman–Crippen MR) is 168 cm³/mol. The summed E-state index contributed by atoms with van der Waals surface area (Å²) in [4.78, 5) is 24.8. The topological polar surface area (TPSA) is 125 Å². The Morgan fingerprint density at radius 3 is 2.48 bits per heavy atom. The third-order valence-corrected chi connectivity index (χ3v) is 8.34. The van der Waals surface area contributed by atoms with Gasteiger partial charge in [-0.2, -0.15) is 21.5 Å². The summed E-state index contributed by atoms with van der Waals surface area (Å²) in [6, 6.07) is 11.4. The number of carbonyl (C=O) groups is 1. The first-order chi connectivity index (χ1) is 20.8. The van der Waals surface area contributed by atoms with Gasteiger partial charge in [-0.25, -0.2) is 13.9 Å². The zero-order valence-electron chi connectivity index (χ0n) is 25.0. The molecule has 0 aliphatic carbocycles. The summed E-state index contributed by atoms with van der Waals surface area (Å²) in [5.74, 6) is -0.683. The zero-order valence-corrected chi connectivity index (χ0v) is 25.8. The van der Waals surface area contributed by atoms with E-state index < -0.39 is 22.7 Å². The van der Waals surface area contributed by atoms with Crippen LogP contribution in [-0.4, -0.2) is 92.4 Å². The minimum atomic E-state index is -3.85. The number of carbonyl (C=O) groups excluding carboxylic acids is 1. The molecule has 1 amide bonds. The van der Waals surface area contributed by atoms with Gasteiger partial charge in [0.2, 0.25) is 11.9 Å². The largest absolute Gasteiger partial charge is 0.433 e. The van der Waals surface area contributed by atoms with Crippen molar-refractivity contribution < 1.29 is 26.7 Å². The van der Waals surface area contributed by atoms with Crippen LogP contribution >= 0.6 is 0 Å². The quantitative estimate of drug-likeness (QED) is 0.210. The number of benzene rings is 2. The molecule has 0 atom stereocenters. The van der Waals surface area contributed by atoms with Crippen molar-refractivity contribution in [3.8, 4) is 17.0 Å². The van der Waals surface area contributed by atoms with Crippen molar-refractivity contribution in [2.45, 2.75) is 6.61 Å². The van der Waals surface area contributed by atoms with Crippen molar-refractivity contribution in [2.24, 2.45) is 0 Å². The average Bonchev–Trinajstić information content (AvgIpc) is 3.37. The normalized spacial score (nSPS) is 11.8. The van der Waals surface area contributed by atoms with Crippen LogP contribution in [0, 0.1) is 0 Å². The average molecular weight is 629 g/mol. The molecule has 0 bridgehead atoms. The molecule has 0 saturated heterocycles. The molecule has 0 unspecified atom stereocenters. The van der Waals surface area contributed by atoms with Gasteiger partial charge >= 0.3 is 16.8 Å². The fraction of sp³-hybridized carbons (Fsp3) is 0.276. The summed E-state index contributed by atoms with van der Waals surface area (Å²) in [5.41, 5.74) is 2.15. The molecule has 0 aliphatic rings. The second-order valence-electron chi connectivity index (χ2n) is 10.2. The van der Waals surface area contributed by atoms with Crippen molar-refractivity contribution in [1.82, 2.24) is 23.1 Å². The molecule has 44 heavy (non-hydrogen) atoms. The second-order valence-corrected chi connectivity index (χ2v) is 12.2. The van der Waals surface area contributed by atoms with Crippen LogP contribution in [-0.2, 0) is 15.0 Å². The zero-order chi connectivity index (χ0) is 32.2. The van der Waals surface area contributed by atoms with Gasteiger partial charge in [-0.15, -0.1) is 0 Å². The number of hydrogen-bond donors (Lipinski definition) is 2. The number of amides is 1. The number of nitrogens with one attached hydrogen (secondary N) is 2. The summed E-state index contributed by atoms with van der Waals surface area (Å²) >= 11 is 0. The molecule has 4 aromatic rings. The standard InChI is InChI=1S/C29H34F2N8O4S/c1-7-27(40)33-22-16-23(26(43-28(30)31)17-25(22)38(6)15-14-36(2)3)35-29-32-13-12-21(34-29)20-18-39(44(41,42)37(4)5)24-11-9-8-10-19(20)24/h7-13,16-18,28H,1,14-15H2,2-6H3,(H,33,40)(H,32,34,35). The predicted octanol–water partition coefficient (Wildman–Crippen LogP) is 4.22. The number of ether oxygens (including phenoxy) is 1. The Kier molecular flexibility index (Phi) is 9.81. The Morgan fingerprint density at radius 1 is 1.09 bits per heavy atom. The van der Waals surface area contributed by atoms with Gasteiger partial charge in [-0.05, 0) is 38.4 Å². The van der Waals surface area contributed by atoms with Crippen LogP contribution in [0.1, 0.15) is 0 Å². The minimum absolute atomic E-state index is 0.0172. The first kappa shape index (κ1) is 32.3. The van der Waals surface area contributed by atoms with Gasteiger partial charge < -0.3 is 25.2 Å². The Bertz CT molecular complexity index is 1780. The highest BCUT2D eigenvalue weighted by Crippen LogP contribution is 2.39. The summed E-state index contributed by atoms with van der Waals surface area (Å²) in [6.45, 7) is 1.53. The van der Waals surface area contributed by atoms with Gasteiger partial charge in [-0.1, -0.05) is 24.8 Å². The smallest absolute Gasteiger partial charge is 0.387 e. The van der Waals surface area contributed by atoms with Gasteiger partial charge in [0, 0.05) is 63.6 Å². The molecule has 0 spiro atoms. The Balaban J connectivity index is 1.80. The molecule has 2 aromatic carbocycles. The molecular weight excluding hydrogens is 594 g/mol. The number of hydrogen-bond acceptors (Lipinski definition) is 9. The molecule has 2 heterocycles. The van der Waals surface area contributed by atoms with Crippen LogP contribution in [0.25, 0.3) is 22.2 Å². The Hall–Kier alpha value is -4.60. The molecule has 4 rings (SSSR count). The SMILES string of the molecule is C=CC(=O)Nc1cc(Nc2nccc(-c3cn(S(=O)(=O)N(C)C)c4ccccc34)n2)c(OC(F)F)cc1N(C)CCN(C)C. The lowest BCUT2D eigenvalue weighted by molar-refractivity contribution is -0.111. The van der Waals surface area contributed by atoms with Gasteiger partial charge in [0.25, 0.3) is 0 Å². The van der Waals surface area contributed by atoms with E-state index in [4.69, 9.17) is 4.74 Å². The lowest BCUT2D eigenvalue weighted by Crippen LogP contribution is -2.29. The van der Waals surface area contributed by atoms with Gasteiger partial charge in [0.1, 0.15) is 0 Å². The number of aromatic nitrogens is 3. The fourth-order valence-electron chi connectivity index (χ4n) is 4.34. The minimum Gasteiger partial charge on any atom is -0.433 e. The third kappa shape index (κ3) is 7.12. The van der Waals surface area contributed by atoms with Crippen LogP contribution in [0.4, 0.5) is 31.8 Å². The number of para-hydroxylation sites is 1. The summed E-state index contributed by atoms with van der Waals surface area (Å²) in [7, 11) is 4.60. The Labute approximate surface area is 254 Å². The first-order valence-electron chi connectivity index (χ1n) is 13.4. The molecule has 2 N–H and O–H groups in total. The van der Waals surface area contributed by atoms with Crippen molar-refractivity contribution in [3.63, 3.8) is 0 Å². The van der Waals surface area contributed by atoms with E-state index in [0.717, 1.165) is 10.4 Å². The van der Waals surface area contributed by atoms with E-state index in [9.17, 15) is 22.0 Å². The monoisotopic (exact) mass is 628 g/mol. The van der Waals surface area contributed by atoms with Crippen molar-refractivity contribution in [2.75, 3.05) is 63.9 Å². The molecule has 2 aromatic heterocycles. The highest BCUT2D eigenvalue weighted by molar-refractivity contribution is 7.87. The van der Waals surface area contributed by atoms with Crippen LogP contribution in [0.2, 0.25) is 0 Å². The molecule has 15 heteroatoms. The highest BCUT2D eigenvalue weighted by Gasteiger charge is 2.23. The van der Waals surface area contributed by atoms with E-state index in [1.165, 1.54) is 42.6 Å².